The Morgan fingerprint density at radius 1 is 0.960 bits per heavy atom. The summed E-state index contributed by atoms with van der Waals surface area (Å²) in [5.74, 6) is -1.37. The fourth-order valence-electron chi connectivity index (χ4n) is 4.48. The van der Waals surface area contributed by atoms with E-state index in [-0.39, 0.29) is 33.9 Å². The van der Waals surface area contributed by atoms with E-state index in [0.29, 0.717) is 37.7 Å². The second kappa shape index (κ2) is 7.05. The summed E-state index contributed by atoms with van der Waals surface area (Å²) in [4.78, 5) is 38.3. The number of rotatable bonds is 5. The van der Waals surface area contributed by atoms with E-state index in [4.69, 9.17) is 0 Å². The smallest absolute Gasteiger partial charge is 0.163 e. The number of unbranched alkanes of at least 4 members (excludes halogenated alkanes) is 1. The number of carbonyl (C=O) groups excluding carboxylic acids is 3. The highest BCUT2D eigenvalue weighted by Gasteiger charge is 2.47. The molecule has 0 radical (unpaired) electrons. The molecule has 25 heavy (non-hydrogen) atoms. The van der Waals surface area contributed by atoms with Crippen molar-refractivity contribution in [2.24, 2.45) is 22.7 Å². The van der Waals surface area contributed by atoms with Gasteiger partial charge in [0.05, 0.1) is 11.7 Å². The molecule has 0 aromatic rings. The molecule has 0 spiro atoms. The highest BCUT2D eigenvalue weighted by Crippen LogP contribution is 2.45. The molecule has 1 fully saturated rings. The fraction of sp³-hybridized carbons (Fsp3) is 0.762. The zero-order valence-electron chi connectivity index (χ0n) is 16.3. The van der Waals surface area contributed by atoms with Crippen molar-refractivity contribution in [2.75, 3.05) is 0 Å². The number of ketones is 3. The number of hydrogen-bond acceptors (Lipinski definition) is 4. The van der Waals surface area contributed by atoms with E-state index < -0.39 is 11.8 Å². The van der Waals surface area contributed by atoms with Gasteiger partial charge in [-0.1, -0.05) is 47.5 Å². The molecule has 0 unspecified atom stereocenters. The van der Waals surface area contributed by atoms with Crippen LogP contribution < -0.4 is 0 Å². The van der Waals surface area contributed by atoms with E-state index in [0.717, 1.165) is 12.8 Å². The van der Waals surface area contributed by atoms with Crippen LogP contribution in [0.3, 0.4) is 0 Å². The highest BCUT2D eigenvalue weighted by atomic mass is 16.3. The van der Waals surface area contributed by atoms with Gasteiger partial charge in [-0.15, -0.1) is 0 Å². The van der Waals surface area contributed by atoms with Crippen molar-refractivity contribution >= 4 is 17.3 Å². The quantitative estimate of drug-likeness (QED) is 0.739. The van der Waals surface area contributed by atoms with Gasteiger partial charge in [-0.2, -0.15) is 0 Å². The summed E-state index contributed by atoms with van der Waals surface area (Å²) >= 11 is 0. The maximum absolute atomic E-state index is 12.8. The maximum atomic E-state index is 12.8. The van der Waals surface area contributed by atoms with E-state index in [1.807, 2.05) is 34.6 Å². The average molecular weight is 348 g/mol. The van der Waals surface area contributed by atoms with Gasteiger partial charge >= 0.3 is 0 Å². The first kappa shape index (κ1) is 19.9. The van der Waals surface area contributed by atoms with Crippen LogP contribution in [0, 0.1) is 22.7 Å². The summed E-state index contributed by atoms with van der Waals surface area (Å²) in [6.45, 7) is 9.83. The van der Waals surface area contributed by atoms with Crippen LogP contribution in [-0.2, 0) is 14.4 Å². The van der Waals surface area contributed by atoms with Crippen LogP contribution in [0.15, 0.2) is 11.3 Å². The number of allylic oxidation sites excluding steroid dienone is 2. The Kier molecular flexibility index (Phi) is 5.60. The summed E-state index contributed by atoms with van der Waals surface area (Å²) in [6, 6.07) is 0. The normalized spacial score (nSPS) is 25.4. The van der Waals surface area contributed by atoms with E-state index in [1.54, 1.807) is 0 Å². The molecule has 0 aliphatic heterocycles. The number of aliphatic hydroxyl groups excluding tert-OH is 1. The zero-order chi connectivity index (χ0) is 19.0. The molecule has 4 heteroatoms. The van der Waals surface area contributed by atoms with Gasteiger partial charge in [-0.25, -0.2) is 0 Å². The minimum absolute atomic E-state index is 0.0692. The molecule has 0 aromatic heterocycles. The van der Waals surface area contributed by atoms with Gasteiger partial charge in [0, 0.05) is 37.2 Å². The summed E-state index contributed by atoms with van der Waals surface area (Å²) in [7, 11) is 0. The lowest BCUT2D eigenvalue weighted by atomic mass is 9.63. The maximum Gasteiger partial charge on any atom is 0.163 e. The van der Waals surface area contributed by atoms with Crippen molar-refractivity contribution < 1.29 is 19.5 Å². The second-order valence-electron chi connectivity index (χ2n) is 9.48. The van der Waals surface area contributed by atoms with Crippen LogP contribution in [0.1, 0.15) is 79.6 Å². The number of Topliss-reactive ketones (excluding diaryl/α,β-unsaturated/α-hetero) is 3. The van der Waals surface area contributed by atoms with Crippen LogP contribution >= 0.6 is 0 Å². The summed E-state index contributed by atoms with van der Waals surface area (Å²) in [6.07, 6.45) is 3.86. The van der Waals surface area contributed by atoms with Crippen LogP contribution in [0.5, 0.6) is 0 Å². The molecular formula is C21H32O4. The molecule has 1 saturated carbocycles. The molecule has 0 amide bonds. The summed E-state index contributed by atoms with van der Waals surface area (Å²) in [5, 5.41) is 10.6. The molecule has 140 valence electrons. The third-order valence-corrected chi connectivity index (χ3v) is 5.54. The number of aliphatic hydroxyl groups is 1. The SMILES string of the molecule is CCCC[C@H](C1=C(O)CC(C)(C)CC1=O)C1C(=O)CC(C)(C)CC1=O. The first-order chi connectivity index (χ1) is 11.5. The fourth-order valence-corrected chi connectivity index (χ4v) is 4.48. The third-order valence-electron chi connectivity index (χ3n) is 5.54. The predicted octanol–water partition coefficient (Wildman–Crippen LogP) is 4.57. The van der Waals surface area contributed by atoms with E-state index >= 15 is 0 Å². The molecule has 0 heterocycles. The second-order valence-corrected chi connectivity index (χ2v) is 9.48. The van der Waals surface area contributed by atoms with E-state index in [9.17, 15) is 19.5 Å². The van der Waals surface area contributed by atoms with Crippen LogP contribution in [0.4, 0.5) is 0 Å². The number of hydrogen-bond donors (Lipinski definition) is 1. The lowest BCUT2D eigenvalue weighted by molar-refractivity contribution is -0.141. The molecule has 1 N–H and O–H groups in total. The Labute approximate surface area is 151 Å². The molecule has 0 aromatic carbocycles. The minimum atomic E-state index is -0.762. The summed E-state index contributed by atoms with van der Waals surface area (Å²) in [5.41, 5.74) is -0.225. The van der Waals surface area contributed by atoms with Gasteiger partial charge < -0.3 is 5.11 Å². The highest BCUT2D eigenvalue weighted by molar-refractivity contribution is 6.08. The summed E-state index contributed by atoms with van der Waals surface area (Å²) < 4.78 is 0. The van der Waals surface area contributed by atoms with Gasteiger partial charge in [-0.3, -0.25) is 14.4 Å². The first-order valence-electron chi connectivity index (χ1n) is 9.48. The lowest BCUT2D eigenvalue weighted by Gasteiger charge is -2.38. The Morgan fingerprint density at radius 3 is 1.96 bits per heavy atom. The Bertz CT molecular complexity index is 589. The molecular weight excluding hydrogens is 316 g/mol. The van der Waals surface area contributed by atoms with Crippen molar-refractivity contribution in [2.45, 2.75) is 79.6 Å². The Hall–Kier alpha value is -1.45. The third kappa shape index (κ3) is 4.39. The van der Waals surface area contributed by atoms with Gasteiger partial charge in [0.15, 0.2) is 5.78 Å². The van der Waals surface area contributed by atoms with E-state index in [2.05, 4.69) is 0 Å². The molecule has 2 rings (SSSR count). The van der Waals surface area contributed by atoms with Crippen LogP contribution in [-0.4, -0.2) is 22.5 Å². The Balaban J connectivity index is 2.41. The van der Waals surface area contributed by atoms with Gasteiger partial charge in [-0.05, 0) is 17.3 Å². The molecule has 2 aliphatic carbocycles. The standard InChI is InChI=1S/C21H32O4/c1-6-7-8-13(18-14(22)9-20(2,3)10-15(18)23)19-16(24)11-21(4,5)12-17(19)25/h13,18,24H,6-12H2,1-5H3/t13-/m0/s1. The van der Waals surface area contributed by atoms with Crippen molar-refractivity contribution in [1.29, 1.82) is 0 Å². The molecule has 1 atom stereocenters. The molecule has 0 bridgehead atoms. The van der Waals surface area contributed by atoms with Gasteiger partial charge in [0.2, 0.25) is 0 Å². The van der Waals surface area contributed by atoms with Crippen molar-refractivity contribution in [3.63, 3.8) is 0 Å². The van der Waals surface area contributed by atoms with E-state index in [1.165, 1.54) is 0 Å². The predicted molar refractivity (Wildman–Crippen MR) is 97.2 cm³/mol. The minimum Gasteiger partial charge on any atom is -0.512 e. The largest absolute Gasteiger partial charge is 0.512 e. The topological polar surface area (TPSA) is 71.4 Å². The lowest BCUT2D eigenvalue weighted by Crippen LogP contribution is -2.44. The molecule has 4 nitrogen and oxygen atoms in total. The average Bonchev–Trinajstić information content (AvgIpc) is 2.39. The van der Waals surface area contributed by atoms with Crippen LogP contribution in [0.25, 0.3) is 0 Å². The van der Waals surface area contributed by atoms with Crippen molar-refractivity contribution in [3.8, 4) is 0 Å². The first-order valence-corrected chi connectivity index (χ1v) is 9.48. The monoisotopic (exact) mass is 348 g/mol. The Morgan fingerprint density at radius 2 is 1.48 bits per heavy atom. The number of carbonyl (C=O) groups is 3. The van der Waals surface area contributed by atoms with Crippen molar-refractivity contribution in [1.82, 2.24) is 0 Å². The zero-order valence-corrected chi connectivity index (χ0v) is 16.3. The molecule has 0 saturated heterocycles. The van der Waals surface area contributed by atoms with Gasteiger partial charge in [0.25, 0.3) is 0 Å². The van der Waals surface area contributed by atoms with Crippen molar-refractivity contribution in [3.05, 3.63) is 11.3 Å². The van der Waals surface area contributed by atoms with Gasteiger partial charge in [0.1, 0.15) is 11.6 Å². The molecule has 2 aliphatic rings. The van der Waals surface area contributed by atoms with Crippen LogP contribution in [0.2, 0.25) is 0 Å².